The van der Waals surface area contributed by atoms with Gasteiger partial charge in [0.25, 0.3) is 0 Å². The van der Waals surface area contributed by atoms with Crippen LogP contribution in [-0.4, -0.2) is 157 Å². The summed E-state index contributed by atoms with van der Waals surface area (Å²) in [7, 11) is 0. The van der Waals surface area contributed by atoms with Crippen LogP contribution in [0.25, 0.3) is 0 Å². The number of aliphatic hydroxyl groups excluding tert-OH is 8. The lowest BCUT2D eigenvalue weighted by molar-refractivity contribution is -0.397. The van der Waals surface area contributed by atoms with Gasteiger partial charge in [-0.15, -0.1) is 0 Å². The fourth-order valence-corrected chi connectivity index (χ4v) is 13.3. The number of carbonyl (C=O) groups excluding carboxylic acids is 2. The van der Waals surface area contributed by atoms with E-state index in [4.69, 9.17) is 28.4 Å². The molecule has 0 radical (unpaired) electrons. The van der Waals surface area contributed by atoms with Gasteiger partial charge in [0.05, 0.1) is 24.9 Å². The average molecular weight is 829 g/mol. The Kier molecular flexibility index (Phi) is 12.2. The van der Waals surface area contributed by atoms with Gasteiger partial charge in [0.2, 0.25) is 0 Å². The molecule has 4 aliphatic carbocycles. The third-order valence-corrected chi connectivity index (χ3v) is 16.9. The minimum Gasteiger partial charge on any atom is -0.394 e. The Hall–Kier alpha value is -1.22. The molecule has 3 aliphatic heterocycles. The normalized spacial score (nSPS) is 55.6. The Morgan fingerprint density at radius 3 is 1.76 bits per heavy atom. The smallest absolute Gasteiger partial charge is 0.187 e. The molecule has 8 N–H and O–H groups in total. The molecular weight excluding hydrogens is 760 g/mol. The zero-order valence-corrected chi connectivity index (χ0v) is 35.0. The monoisotopic (exact) mass is 828 g/mol. The van der Waals surface area contributed by atoms with Crippen molar-refractivity contribution in [3.8, 4) is 0 Å². The summed E-state index contributed by atoms with van der Waals surface area (Å²) in [6, 6.07) is 0. The van der Waals surface area contributed by atoms with E-state index in [1.807, 2.05) is 0 Å². The highest BCUT2D eigenvalue weighted by molar-refractivity contribution is 5.91. The van der Waals surface area contributed by atoms with Gasteiger partial charge in [-0.05, 0) is 92.8 Å². The van der Waals surface area contributed by atoms with Crippen molar-refractivity contribution >= 4 is 11.6 Å². The summed E-state index contributed by atoms with van der Waals surface area (Å²) in [4.78, 5) is 26.9. The number of aliphatic hydroxyl groups is 8. The summed E-state index contributed by atoms with van der Waals surface area (Å²) < 4.78 is 37.1. The molecule has 3 saturated heterocycles. The van der Waals surface area contributed by atoms with Gasteiger partial charge in [0.1, 0.15) is 72.6 Å². The van der Waals surface area contributed by atoms with Crippen LogP contribution in [0.2, 0.25) is 0 Å². The van der Waals surface area contributed by atoms with Crippen molar-refractivity contribution in [2.45, 2.75) is 199 Å². The topological polar surface area (TPSA) is 251 Å². The Morgan fingerprint density at radius 2 is 1.21 bits per heavy atom. The van der Waals surface area contributed by atoms with Crippen LogP contribution >= 0.6 is 0 Å². The van der Waals surface area contributed by atoms with Crippen LogP contribution in [0.5, 0.6) is 0 Å². The van der Waals surface area contributed by atoms with Crippen molar-refractivity contribution in [2.24, 2.45) is 45.3 Å². The number of rotatable bonds is 8. The van der Waals surface area contributed by atoms with Crippen molar-refractivity contribution in [3.05, 3.63) is 0 Å². The summed E-state index contributed by atoms with van der Waals surface area (Å²) in [5.74, 6) is -0.0338. The second-order valence-corrected chi connectivity index (χ2v) is 20.2. The highest BCUT2D eigenvalue weighted by Gasteiger charge is 2.71. The first-order chi connectivity index (χ1) is 27.0. The molecule has 3 heterocycles. The van der Waals surface area contributed by atoms with Gasteiger partial charge >= 0.3 is 0 Å². The van der Waals surface area contributed by atoms with Crippen LogP contribution in [0.15, 0.2) is 0 Å². The lowest BCUT2D eigenvalue weighted by atomic mass is 9.35. The van der Waals surface area contributed by atoms with Crippen LogP contribution in [0.1, 0.15) is 100 Å². The maximum atomic E-state index is 14.1. The highest BCUT2D eigenvalue weighted by atomic mass is 16.8. The van der Waals surface area contributed by atoms with E-state index in [2.05, 4.69) is 34.6 Å². The quantitative estimate of drug-likeness (QED) is 0.154. The third kappa shape index (κ3) is 6.88. The SMILES string of the molecule is CC(=O)[C@H]1CC[C@]2(C)[C@@H]1C(=O)C[C@@H]1[C@@]3(C)CC[C@H](O[C@@H]4O[C@H](CO)[C@H](O)[C@H](O[C@@H]5O[C@@H](C)[C@H](O)[C@@H](O)[C@H]5O)[C@H]4O[C@@H]4O[C@@H](C)[C@H](O)[C@@H](O)[C@H]4O)C(C)(C)[C@@H]3CC[C@]12C. The minimum atomic E-state index is -1.77. The molecule has 0 amide bonds. The molecule has 23 atom stereocenters. The molecule has 7 aliphatic rings. The van der Waals surface area contributed by atoms with Crippen LogP contribution in [0.3, 0.4) is 0 Å². The summed E-state index contributed by atoms with van der Waals surface area (Å²) in [6.07, 6.45) is -17.8. The van der Waals surface area contributed by atoms with E-state index in [0.29, 0.717) is 19.3 Å². The van der Waals surface area contributed by atoms with E-state index < -0.39 is 110 Å². The zero-order valence-electron chi connectivity index (χ0n) is 35.0. The molecule has 0 aromatic heterocycles. The Morgan fingerprint density at radius 1 is 0.655 bits per heavy atom. The van der Waals surface area contributed by atoms with Gasteiger partial charge in [-0.1, -0.05) is 34.6 Å². The van der Waals surface area contributed by atoms with Crippen LogP contribution in [-0.2, 0) is 38.0 Å². The first kappa shape index (κ1) is 44.8. The minimum absolute atomic E-state index is 0.0824. The molecule has 0 unspecified atom stereocenters. The molecule has 16 nitrogen and oxygen atoms in total. The Balaban J connectivity index is 1.19. The van der Waals surface area contributed by atoms with Crippen LogP contribution < -0.4 is 0 Å². The first-order valence-corrected chi connectivity index (χ1v) is 21.4. The molecule has 0 aromatic carbocycles. The van der Waals surface area contributed by atoms with E-state index in [1.54, 1.807) is 6.92 Å². The summed E-state index contributed by atoms with van der Waals surface area (Å²) in [6.45, 7) is 15.1. The van der Waals surface area contributed by atoms with Crippen molar-refractivity contribution in [2.75, 3.05) is 6.61 Å². The molecule has 0 bridgehead atoms. The fourth-order valence-electron chi connectivity index (χ4n) is 13.3. The molecule has 7 fully saturated rings. The largest absolute Gasteiger partial charge is 0.394 e. The van der Waals surface area contributed by atoms with Gasteiger partial charge in [-0.2, -0.15) is 0 Å². The standard InChI is InChI=1S/C42H68O16/c1-17(44)20-9-13-42(8)26(20)21(45)15-24-40(6)12-11-25(39(4,5)23(40)10-14-41(24,42)7)56-38-35(58-37-33(52)31(50)28(47)19(3)54-37)34(29(48)22(16-43)55-38)57-36-32(51)30(49)27(46)18(2)53-36/h18-20,22-38,43,46-52H,9-16H2,1-8H3/t18-,19-,20+,22+,23-,24+,25-,26-,27-,28-,29-,30+,31+,32+,33+,34-,35+,36-,37-,38-,40-,41+,42+/m0/s1. The molecule has 0 aromatic rings. The maximum absolute atomic E-state index is 14.1. The van der Waals surface area contributed by atoms with Crippen LogP contribution in [0, 0.1) is 45.3 Å². The number of carbonyl (C=O) groups is 2. The third-order valence-electron chi connectivity index (χ3n) is 16.9. The summed E-state index contributed by atoms with van der Waals surface area (Å²) >= 11 is 0. The molecule has 332 valence electrons. The van der Waals surface area contributed by atoms with Crippen molar-refractivity contribution in [1.82, 2.24) is 0 Å². The molecule has 0 spiro atoms. The number of ether oxygens (including phenoxy) is 6. The summed E-state index contributed by atoms with van der Waals surface area (Å²) in [5.41, 5.74) is -1.24. The fraction of sp³-hybridized carbons (Fsp3) is 0.952. The van der Waals surface area contributed by atoms with Crippen LogP contribution in [0.4, 0.5) is 0 Å². The van der Waals surface area contributed by atoms with Crippen molar-refractivity contribution in [3.63, 3.8) is 0 Å². The first-order valence-electron chi connectivity index (χ1n) is 21.4. The van der Waals surface area contributed by atoms with Crippen molar-refractivity contribution in [1.29, 1.82) is 0 Å². The van der Waals surface area contributed by atoms with Gasteiger partial charge in [0.15, 0.2) is 18.9 Å². The molecular formula is C42H68O16. The predicted molar refractivity (Wildman–Crippen MR) is 201 cm³/mol. The molecule has 7 rings (SSSR count). The molecule has 58 heavy (non-hydrogen) atoms. The van der Waals surface area contributed by atoms with E-state index in [9.17, 15) is 50.4 Å². The Labute approximate surface area is 340 Å². The van der Waals surface area contributed by atoms with Crippen molar-refractivity contribution < 1.29 is 78.9 Å². The van der Waals surface area contributed by atoms with E-state index >= 15 is 0 Å². The second-order valence-electron chi connectivity index (χ2n) is 20.2. The number of hydrogen-bond acceptors (Lipinski definition) is 16. The van der Waals surface area contributed by atoms with E-state index in [0.717, 1.165) is 25.7 Å². The van der Waals surface area contributed by atoms with E-state index in [-0.39, 0.29) is 51.5 Å². The predicted octanol–water partition coefficient (Wildman–Crippen LogP) is 0.328. The lowest BCUT2D eigenvalue weighted by Crippen LogP contribution is -2.68. The second kappa shape index (κ2) is 15.8. The number of hydrogen-bond donors (Lipinski definition) is 8. The number of fused-ring (bicyclic) bond motifs is 5. The van der Waals surface area contributed by atoms with E-state index in [1.165, 1.54) is 13.8 Å². The lowest BCUT2D eigenvalue weighted by Gasteiger charge is -2.69. The zero-order chi connectivity index (χ0) is 42.6. The molecule has 4 saturated carbocycles. The maximum Gasteiger partial charge on any atom is 0.187 e. The number of ketones is 2. The Bertz CT molecular complexity index is 1530. The summed E-state index contributed by atoms with van der Waals surface area (Å²) in [5, 5.41) is 86.0. The molecule has 16 heteroatoms. The van der Waals surface area contributed by atoms with Gasteiger partial charge in [-0.3, -0.25) is 9.59 Å². The highest BCUT2D eigenvalue weighted by Crippen LogP contribution is 2.74. The van der Waals surface area contributed by atoms with Gasteiger partial charge < -0.3 is 69.3 Å². The van der Waals surface area contributed by atoms with Gasteiger partial charge in [-0.25, -0.2) is 0 Å². The number of Topliss-reactive ketones (excluding diaryl/α,β-unsaturated/α-hetero) is 2. The average Bonchev–Trinajstić information content (AvgIpc) is 3.55. The van der Waals surface area contributed by atoms with Gasteiger partial charge in [0, 0.05) is 18.3 Å².